The second kappa shape index (κ2) is 4.51. The first kappa shape index (κ1) is 11.8. The van der Waals surface area contributed by atoms with Crippen LogP contribution in [0, 0.1) is 6.92 Å². The minimum atomic E-state index is 0.0859. The van der Waals surface area contributed by atoms with Crippen LogP contribution in [0.5, 0.6) is 0 Å². The summed E-state index contributed by atoms with van der Waals surface area (Å²) in [6.45, 7) is 8.59. The van der Waals surface area contributed by atoms with Gasteiger partial charge in [0.25, 0.3) is 0 Å². The highest BCUT2D eigenvalue weighted by Crippen LogP contribution is 2.21. The van der Waals surface area contributed by atoms with E-state index in [2.05, 4.69) is 31.1 Å². The van der Waals surface area contributed by atoms with Gasteiger partial charge in [0.1, 0.15) is 5.82 Å². The first-order valence-corrected chi connectivity index (χ1v) is 5.45. The Balaban J connectivity index is 2.80. The Bertz CT molecular complexity index is 332. The molecule has 1 heterocycles. The number of rotatable bonds is 4. The highest BCUT2D eigenvalue weighted by atomic mass is 15.0. The van der Waals surface area contributed by atoms with Crippen LogP contribution in [0.3, 0.4) is 0 Å². The van der Waals surface area contributed by atoms with Crippen molar-refractivity contribution in [2.75, 3.05) is 11.1 Å². The number of hydrogen-bond acceptors (Lipinski definition) is 3. The lowest BCUT2D eigenvalue weighted by atomic mass is 9.99. The van der Waals surface area contributed by atoms with Gasteiger partial charge in [-0.2, -0.15) is 0 Å². The van der Waals surface area contributed by atoms with Crippen LogP contribution in [0.1, 0.15) is 39.2 Å². The van der Waals surface area contributed by atoms with E-state index in [0.717, 1.165) is 24.2 Å². The predicted molar refractivity (Wildman–Crippen MR) is 66.0 cm³/mol. The molecule has 0 aliphatic rings. The lowest BCUT2D eigenvalue weighted by Gasteiger charge is -2.27. The Morgan fingerprint density at radius 1 is 1.47 bits per heavy atom. The fraction of sp³-hybridized carbons (Fsp3) is 0.583. The number of aromatic nitrogens is 1. The van der Waals surface area contributed by atoms with Gasteiger partial charge in [0.05, 0.1) is 11.9 Å². The summed E-state index contributed by atoms with van der Waals surface area (Å²) in [5.74, 6) is 0.933. The fourth-order valence-electron chi connectivity index (χ4n) is 1.74. The van der Waals surface area contributed by atoms with Crippen molar-refractivity contribution in [3.05, 3.63) is 17.8 Å². The summed E-state index contributed by atoms with van der Waals surface area (Å²) in [7, 11) is 0. The Labute approximate surface area is 92.1 Å². The van der Waals surface area contributed by atoms with Gasteiger partial charge in [0.15, 0.2) is 0 Å². The van der Waals surface area contributed by atoms with Crippen LogP contribution < -0.4 is 11.1 Å². The molecule has 0 atom stereocenters. The zero-order valence-electron chi connectivity index (χ0n) is 10.1. The van der Waals surface area contributed by atoms with E-state index in [1.165, 1.54) is 0 Å². The maximum absolute atomic E-state index is 5.66. The van der Waals surface area contributed by atoms with Crippen molar-refractivity contribution in [3.8, 4) is 0 Å². The highest BCUT2D eigenvalue weighted by Gasteiger charge is 2.17. The summed E-state index contributed by atoms with van der Waals surface area (Å²) >= 11 is 0. The van der Waals surface area contributed by atoms with E-state index < -0.39 is 0 Å². The summed E-state index contributed by atoms with van der Waals surface area (Å²) in [6, 6.07) is 1.94. The first-order valence-electron chi connectivity index (χ1n) is 5.45. The number of nitrogens with one attached hydrogen (secondary N) is 1. The second-order valence-electron chi connectivity index (χ2n) is 4.69. The van der Waals surface area contributed by atoms with Gasteiger partial charge in [0.2, 0.25) is 0 Å². The quantitative estimate of drug-likeness (QED) is 0.798. The van der Waals surface area contributed by atoms with Crippen molar-refractivity contribution in [2.45, 2.75) is 46.1 Å². The summed E-state index contributed by atoms with van der Waals surface area (Å²) in [6.07, 6.45) is 3.98. The summed E-state index contributed by atoms with van der Waals surface area (Å²) in [5, 5.41) is 3.45. The number of pyridine rings is 1. The largest absolute Gasteiger partial charge is 0.397 e. The number of aryl methyl sites for hydroxylation is 1. The van der Waals surface area contributed by atoms with Crippen LogP contribution in [0.15, 0.2) is 12.3 Å². The summed E-state index contributed by atoms with van der Waals surface area (Å²) < 4.78 is 0. The molecule has 1 aromatic heterocycles. The lowest BCUT2D eigenvalue weighted by Crippen LogP contribution is -2.31. The maximum Gasteiger partial charge on any atom is 0.129 e. The smallest absolute Gasteiger partial charge is 0.129 e. The van der Waals surface area contributed by atoms with E-state index in [9.17, 15) is 0 Å². The van der Waals surface area contributed by atoms with Crippen LogP contribution in [0.4, 0.5) is 11.5 Å². The number of nitrogen functional groups attached to an aromatic ring is 1. The third-order valence-corrected chi connectivity index (χ3v) is 2.43. The van der Waals surface area contributed by atoms with Gasteiger partial charge in [-0.05, 0) is 38.8 Å². The van der Waals surface area contributed by atoms with Crippen LogP contribution in [-0.2, 0) is 0 Å². The van der Waals surface area contributed by atoms with Crippen LogP contribution >= 0.6 is 0 Å². The van der Waals surface area contributed by atoms with E-state index in [1.54, 1.807) is 6.20 Å². The van der Waals surface area contributed by atoms with E-state index in [0.29, 0.717) is 5.69 Å². The van der Waals surface area contributed by atoms with Gasteiger partial charge >= 0.3 is 0 Å². The van der Waals surface area contributed by atoms with Gasteiger partial charge in [-0.25, -0.2) is 4.98 Å². The average Bonchev–Trinajstić information content (AvgIpc) is 2.09. The van der Waals surface area contributed by atoms with Crippen molar-refractivity contribution in [2.24, 2.45) is 0 Å². The first-order chi connectivity index (χ1) is 6.94. The Morgan fingerprint density at radius 3 is 2.67 bits per heavy atom. The molecule has 0 fully saturated rings. The normalized spacial score (nSPS) is 11.5. The standard InChI is InChI=1S/C12H21N3/c1-5-6-12(3,4)15-11-9(2)7-10(13)8-14-11/h7-8H,5-6,13H2,1-4H3,(H,14,15). The molecule has 0 aliphatic carbocycles. The molecular formula is C12H21N3. The number of nitrogens with zero attached hydrogens (tertiary/aromatic N) is 1. The van der Waals surface area contributed by atoms with E-state index in [1.807, 2.05) is 13.0 Å². The Hall–Kier alpha value is -1.25. The highest BCUT2D eigenvalue weighted by molar-refractivity contribution is 5.51. The van der Waals surface area contributed by atoms with Gasteiger partial charge in [-0.1, -0.05) is 13.3 Å². The average molecular weight is 207 g/mol. The molecule has 1 aromatic rings. The molecule has 3 heteroatoms. The third-order valence-electron chi connectivity index (χ3n) is 2.43. The Morgan fingerprint density at radius 2 is 2.13 bits per heavy atom. The summed E-state index contributed by atoms with van der Waals surface area (Å²) in [5.41, 5.74) is 7.56. The fourth-order valence-corrected chi connectivity index (χ4v) is 1.74. The predicted octanol–water partition coefficient (Wildman–Crippen LogP) is 2.96. The van der Waals surface area contributed by atoms with Crippen molar-refractivity contribution in [1.29, 1.82) is 0 Å². The van der Waals surface area contributed by atoms with Crippen LogP contribution in [-0.4, -0.2) is 10.5 Å². The molecule has 0 aliphatic heterocycles. The zero-order chi connectivity index (χ0) is 11.5. The number of anilines is 2. The molecule has 84 valence electrons. The molecule has 0 saturated heterocycles. The minimum absolute atomic E-state index is 0.0859. The third kappa shape index (κ3) is 3.42. The number of nitrogens with two attached hydrogens (primary N) is 1. The molecule has 0 bridgehead atoms. The molecule has 0 radical (unpaired) electrons. The Kier molecular flexibility index (Phi) is 3.56. The van der Waals surface area contributed by atoms with E-state index in [-0.39, 0.29) is 5.54 Å². The SMILES string of the molecule is CCCC(C)(C)Nc1ncc(N)cc1C. The van der Waals surface area contributed by atoms with Crippen LogP contribution in [0.2, 0.25) is 0 Å². The van der Waals surface area contributed by atoms with Gasteiger partial charge in [-0.3, -0.25) is 0 Å². The van der Waals surface area contributed by atoms with Crippen LogP contribution in [0.25, 0.3) is 0 Å². The van der Waals surface area contributed by atoms with Crippen molar-refractivity contribution in [1.82, 2.24) is 4.98 Å². The molecule has 3 nitrogen and oxygen atoms in total. The van der Waals surface area contributed by atoms with Crippen molar-refractivity contribution in [3.63, 3.8) is 0 Å². The van der Waals surface area contributed by atoms with E-state index in [4.69, 9.17) is 5.73 Å². The van der Waals surface area contributed by atoms with Gasteiger partial charge < -0.3 is 11.1 Å². The molecule has 0 amide bonds. The topological polar surface area (TPSA) is 50.9 Å². The number of hydrogen-bond donors (Lipinski definition) is 2. The molecule has 0 saturated carbocycles. The second-order valence-corrected chi connectivity index (χ2v) is 4.69. The zero-order valence-corrected chi connectivity index (χ0v) is 10.1. The van der Waals surface area contributed by atoms with Crippen molar-refractivity contribution >= 4 is 11.5 Å². The molecule has 0 unspecified atom stereocenters. The monoisotopic (exact) mass is 207 g/mol. The minimum Gasteiger partial charge on any atom is -0.397 e. The molecule has 1 rings (SSSR count). The van der Waals surface area contributed by atoms with Crippen molar-refractivity contribution < 1.29 is 0 Å². The lowest BCUT2D eigenvalue weighted by molar-refractivity contribution is 0.508. The molecule has 15 heavy (non-hydrogen) atoms. The van der Waals surface area contributed by atoms with Gasteiger partial charge in [0, 0.05) is 5.54 Å². The molecule has 0 aromatic carbocycles. The molecule has 0 spiro atoms. The van der Waals surface area contributed by atoms with Gasteiger partial charge in [-0.15, -0.1) is 0 Å². The molecule has 3 N–H and O–H groups in total. The molecular weight excluding hydrogens is 186 g/mol. The summed E-state index contributed by atoms with van der Waals surface area (Å²) in [4.78, 5) is 4.31. The van der Waals surface area contributed by atoms with E-state index >= 15 is 0 Å². The maximum atomic E-state index is 5.66.